The maximum atomic E-state index is 12.8. The van der Waals surface area contributed by atoms with Crippen LogP contribution in [0.15, 0.2) is 6.07 Å². The Morgan fingerprint density at radius 1 is 1.32 bits per heavy atom. The van der Waals surface area contributed by atoms with E-state index < -0.39 is 16.1 Å². The maximum absolute atomic E-state index is 12.8. The van der Waals surface area contributed by atoms with Crippen LogP contribution < -0.4 is 9.62 Å². The van der Waals surface area contributed by atoms with Gasteiger partial charge in [-0.1, -0.05) is 0 Å². The minimum atomic E-state index is -3.57. The second-order valence-corrected chi connectivity index (χ2v) is 8.64. The van der Waals surface area contributed by atoms with E-state index in [-0.39, 0.29) is 17.8 Å². The molecule has 0 aromatic carbocycles. The predicted octanol–water partition coefficient (Wildman–Crippen LogP) is 0.712. The average molecular weight is 370 g/mol. The summed E-state index contributed by atoms with van der Waals surface area (Å²) < 4.78 is 34.6. The number of ether oxygens (including phenoxy) is 1. The number of nitrogens with one attached hydrogen (secondary N) is 1. The Morgan fingerprint density at radius 3 is 2.76 bits per heavy atom. The van der Waals surface area contributed by atoms with E-state index in [2.05, 4.69) is 9.82 Å². The molecule has 0 radical (unpaired) electrons. The van der Waals surface area contributed by atoms with Crippen molar-refractivity contribution in [2.24, 2.45) is 7.05 Å². The monoisotopic (exact) mass is 370 g/mol. The molecule has 9 heteroatoms. The van der Waals surface area contributed by atoms with Gasteiger partial charge in [0.2, 0.25) is 15.9 Å². The van der Waals surface area contributed by atoms with E-state index in [0.29, 0.717) is 25.4 Å². The number of amides is 1. The highest BCUT2D eigenvalue weighted by Crippen LogP contribution is 2.22. The number of aryl methyl sites for hydroxylation is 2. The molecule has 3 heterocycles. The highest BCUT2D eigenvalue weighted by atomic mass is 32.2. The lowest BCUT2D eigenvalue weighted by molar-refractivity contribution is -0.121. The van der Waals surface area contributed by atoms with E-state index in [4.69, 9.17) is 4.74 Å². The third kappa shape index (κ3) is 4.39. The van der Waals surface area contributed by atoms with Crippen LogP contribution in [0.2, 0.25) is 0 Å². The van der Waals surface area contributed by atoms with Crippen molar-refractivity contribution in [3.8, 4) is 0 Å². The molecule has 2 aliphatic rings. The largest absolute Gasteiger partial charge is 0.377 e. The second kappa shape index (κ2) is 7.43. The quantitative estimate of drug-likeness (QED) is 0.824. The molecule has 3 rings (SSSR count). The minimum absolute atomic E-state index is 0.0817. The lowest BCUT2D eigenvalue weighted by Crippen LogP contribution is -2.53. The molecule has 2 saturated heterocycles. The fourth-order valence-corrected chi connectivity index (χ4v) is 5.01. The van der Waals surface area contributed by atoms with Crippen LogP contribution in [0.1, 0.15) is 37.8 Å². The Kier molecular flexibility index (Phi) is 5.45. The van der Waals surface area contributed by atoms with Crippen molar-refractivity contribution < 1.29 is 17.9 Å². The predicted molar refractivity (Wildman–Crippen MR) is 93.8 cm³/mol. The Balaban J connectivity index is 1.67. The number of rotatable bonds is 5. The lowest BCUT2D eigenvalue weighted by atomic mass is 10.1. The van der Waals surface area contributed by atoms with Gasteiger partial charge >= 0.3 is 0 Å². The van der Waals surface area contributed by atoms with Gasteiger partial charge in [0, 0.05) is 26.3 Å². The maximum Gasteiger partial charge on any atom is 0.246 e. The molecule has 2 atom stereocenters. The summed E-state index contributed by atoms with van der Waals surface area (Å²) in [6, 6.07) is 1.11. The Bertz CT molecular complexity index is 724. The van der Waals surface area contributed by atoms with Crippen molar-refractivity contribution in [1.82, 2.24) is 14.5 Å². The number of anilines is 1. The number of nitrogens with zero attached hydrogens (tertiary/aromatic N) is 3. The number of aromatic nitrogens is 2. The second-order valence-electron chi connectivity index (χ2n) is 6.84. The molecular weight excluding hydrogens is 344 g/mol. The summed E-state index contributed by atoms with van der Waals surface area (Å²) in [6.45, 7) is 3.04. The summed E-state index contributed by atoms with van der Waals surface area (Å²) in [7, 11) is -1.79. The third-order valence-electron chi connectivity index (χ3n) is 4.69. The SMILES string of the molecule is Cc1cc(N2CCC[C@H](NS(=O)(=O)C[C@H]3CCCCO3)C2=O)n(C)n1. The minimum Gasteiger partial charge on any atom is -0.377 e. The molecular formula is C16H26N4O4S. The van der Waals surface area contributed by atoms with Gasteiger partial charge in [0.1, 0.15) is 11.9 Å². The number of carbonyl (C=O) groups is 1. The van der Waals surface area contributed by atoms with Crippen LogP contribution in [0.5, 0.6) is 0 Å². The molecule has 2 fully saturated rings. The molecule has 0 aliphatic carbocycles. The first-order valence-corrected chi connectivity index (χ1v) is 10.4. The van der Waals surface area contributed by atoms with Gasteiger partial charge in [-0.2, -0.15) is 5.10 Å². The number of carbonyl (C=O) groups excluding carboxylic acids is 1. The summed E-state index contributed by atoms with van der Waals surface area (Å²) in [5.74, 6) is 0.395. The first-order valence-electron chi connectivity index (χ1n) is 8.79. The first-order chi connectivity index (χ1) is 11.9. The number of hydrogen-bond donors (Lipinski definition) is 1. The van der Waals surface area contributed by atoms with E-state index in [1.807, 2.05) is 13.0 Å². The molecule has 1 aromatic rings. The van der Waals surface area contributed by atoms with Gasteiger partial charge in [-0.05, 0) is 39.0 Å². The summed E-state index contributed by atoms with van der Waals surface area (Å²) in [4.78, 5) is 14.4. The van der Waals surface area contributed by atoms with Crippen LogP contribution >= 0.6 is 0 Å². The van der Waals surface area contributed by atoms with Gasteiger partial charge in [-0.15, -0.1) is 0 Å². The van der Waals surface area contributed by atoms with E-state index in [1.165, 1.54) is 0 Å². The van der Waals surface area contributed by atoms with Gasteiger partial charge < -0.3 is 4.74 Å². The molecule has 1 aromatic heterocycles. The molecule has 0 unspecified atom stereocenters. The highest BCUT2D eigenvalue weighted by Gasteiger charge is 2.34. The smallest absolute Gasteiger partial charge is 0.246 e. The zero-order valence-corrected chi connectivity index (χ0v) is 15.6. The lowest BCUT2D eigenvalue weighted by Gasteiger charge is -2.32. The molecule has 1 N–H and O–H groups in total. The first kappa shape index (κ1) is 18.3. The van der Waals surface area contributed by atoms with E-state index >= 15 is 0 Å². The van der Waals surface area contributed by atoms with E-state index in [9.17, 15) is 13.2 Å². The summed E-state index contributed by atoms with van der Waals surface area (Å²) in [6.07, 6.45) is 3.68. The molecule has 8 nitrogen and oxygen atoms in total. The molecule has 0 bridgehead atoms. The van der Waals surface area contributed by atoms with E-state index in [1.54, 1.807) is 16.6 Å². The van der Waals surface area contributed by atoms with Gasteiger partial charge in [-0.3, -0.25) is 14.4 Å². The summed E-state index contributed by atoms with van der Waals surface area (Å²) >= 11 is 0. The Hall–Kier alpha value is -1.45. The Morgan fingerprint density at radius 2 is 2.12 bits per heavy atom. The number of sulfonamides is 1. The number of hydrogen-bond acceptors (Lipinski definition) is 5. The average Bonchev–Trinajstić information content (AvgIpc) is 2.88. The van der Waals surface area contributed by atoms with Crippen molar-refractivity contribution in [1.29, 1.82) is 0 Å². The normalized spacial score (nSPS) is 25.4. The fraction of sp³-hybridized carbons (Fsp3) is 0.750. The van der Waals surface area contributed by atoms with Crippen LogP contribution in [-0.2, 0) is 26.6 Å². The van der Waals surface area contributed by atoms with Crippen LogP contribution in [-0.4, -0.2) is 55.2 Å². The van der Waals surface area contributed by atoms with Gasteiger partial charge in [0.25, 0.3) is 0 Å². The zero-order valence-electron chi connectivity index (χ0n) is 14.8. The standard InChI is InChI=1S/C16H26N4O4S/c1-12-10-15(19(2)17-12)20-8-5-7-14(16(20)21)18-25(22,23)11-13-6-3-4-9-24-13/h10,13-14,18H,3-9,11H2,1-2H3/t13-,14+/m1/s1. The molecule has 140 valence electrons. The summed E-state index contributed by atoms with van der Waals surface area (Å²) in [5, 5.41) is 4.27. The molecule has 25 heavy (non-hydrogen) atoms. The van der Waals surface area contributed by atoms with Crippen molar-refractivity contribution in [3.63, 3.8) is 0 Å². The van der Waals surface area contributed by atoms with E-state index in [0.717, 1.165) is 31.4 Å². The van der Waals surface area contributed by atoms with Crippen molar-refractivity contribution in [3.05, 3.63) is 11.8 Å². The fourth-order valence-electron chi connectivity index (χ4n) is 3.51. The highest BCUT2D eigenvalue weighted by molar-refractivity contribution is 7.89. The molecule has 1 amide bonds. The zero-order chi connectivity index (χ0) is 18.0. The molecule has 0 saturated carbocycles. The van der Waals surface area contributed by atoms with Crippen molar-refractivity contribution >= 4 is 21.7 Å². The van der Waals surface area contributed by atoms with Crippen molar-refractivity contribution in [2.75, 3.05) is 23.8 Å². The molecule has 0 spiro atoms. The summed E-state index contributed by atoms with van der Waals surface area (Å²) in [5.41, 5.74) is 0.822. The van der Waals surface area contributed by atoms with Crippen molar-refractivity contribution in [2.45, 2.75) is 51.2 Å². The van der Waals surface area contributed by atoms with Crippen LogP contribution in [0.3, 0.4) is 0 Å². The van der Waals surface area contributed by atoms with Gasteiger partial charge in [0.15, 0.2) is 0 Å². The van der Waals surface area contributed by atoms with Gasteiger partial charge in [0.05, 0.1) is 17.6 Å². The van der Waals surface area contributed by atoms with Crippen LogP contribution in [0.25, 0.3) is 0 Å². The van der Waals surface area contributed by atoms with Crippen LogP contribution in [0, 0.1) is 6.92 Å². The molecule has 2 aliphatic heterocycles. The van der Waals surface area contributed by atoms with Gasteiger partial charge in [-0.25, -0.2) is 13.1 Å². The third-order valence-corrected chi connectivity index (χ3v) is 6.15. The topological polar surface area (TPSA) is 93.5 Å². The van der Waals surface area contributed by atoms with Crippen LogP contribution in [0.4, 0.5) is 5.82 Å². The number of piperidine rings is 1. The Labute approximate surface area is 148 Å².